The normalized spacial score (nSPS) is 24.8. The van der Waals surface area contributed by atoms with E-state index in [2.05, 4.69) is 18.5 Å². The molecule has 2 bridgehead atoms. The third kappa shape index (κ3) is 6.59. The summed E-state index contributed by atoms with van der Waals surface area (Å²) in [5.74, 6) is -3.52. The van der Waals surface area contributed by atoms with Crippen molar-refractivity contribution >= 4 is 41.0 Å². The van der Waals surface area contributed by atoms with E-state index in [1.165, 1.54) is 9.80 Å². The number of aliphatic hydroxyl groups excluding tert-OH is 1. The lowest BCUT2D eigenvalue weighted by Crippen LogP contribution is -2.56. The van der Waals surface area contributed by atoms with E-state index in [4.69, 9.17) is 21.1 Å². The summed E-state index contributed by atoms with van der Waals surface area (Å²) in [5, 5.41) is 12.9. The number of allylic oxidation sites excluding steroid dienone is 1. The number of aryl methyl sites for hydroxylation is 1. The van der Waals surface area contributed by atoms with E-state index in [9.17, 15) is 24.3 Å². The second-order valence-corrected chi connectivity index (χ2v) is 12.7. The lowest BCUT2D eigenvalue weighted by molar-refractivity contribution is -0.160. The number of hydrogen-bond acceptors (Lipinski definition) is 7. The molecule has 5 rings (SSSR count). The van der Waals surface area contributed by atoms with Gasteiger partial charge in [-0.2, -0.15) is 0 Å². The van der Waals surface area contributed by atoms with Crippen LogP contribution in [0.4, 0.5) is 5.69 Å². The average Bonchev–Trinajstić information content (AvgIpc) is 3.71. The van der Waals surface area contributed by atoms with Gasteiger partial charge in [-0.3, -0.25) is 19.2 Å². The third-order valence-electron chi connectivity index (χ3n) is 9.39. The number of aliphatic hydroxyl groups is 1. The molecule has 3 fully saturated rings. The third-order valence-corrected chi connectivity index (χ3v) is 9.69. The summed E-state index contributed by atoms with van der Waals surface area (Å²) < 4.78 is 12.7. The summed E-state index contributed by atoms with van der Waals surface area (Å²) in [6.45, 7) is 9.44. The highest BCUT2D eigenvalue weighted by Gasteiger charge is 2.75. The minimum atomic E-state index is -1.27. The second kappa shape index (κ2) is 14.8. The van der Waals surface area contributed by atoms with E-state index in [1.807, 2.05) is 43.3 Å². The summed E-state index contributed by atoms with van der Waals surface area (Å²) in [6.07, 6.45) is 3.69. The van der Waals surface area contributed by atoms with Crippen LogP contribution in [0.3, 0.4) is 0 Å². The van der Waals surface area contributed by atoms with Crippen molar-refractivity contribution in [1.82, 2.24) is 10.2 Å². The molecule has 0 aromatic heterocycles. The maximum atomic E-state index is 14.7. The molecule has 3 heterocycles. The largest absolute Gasteiger partial charge is 0.455 e. The molecule has 3 saturated heterocycles. The van der Waals surface area contributed by atoms with Crippen molar-refractivity contribution in [3.8, 4) is 0 Å². The van der Waals surface area contributed by atoms with Crippen LogP contribution in [0.5, 0.6) is 0 Å². The Morgan fingerprint density at radius 1 is 1.19 bits per heavy atom. The first kappa shape index (κ1) is 34.3. The molecule has 3 aliphatic heterocycles. The van der Waals surface area contributed by atoms with Crippen LogP contribution in [0.1, 0.15) is 49.3 Å². The number of nitrogens with zero attached hydrogens (tertiary/aromatic N) is 2. The smallest absolute Gasteiger partial charge is 0.313 e. The molecular weight excluding hydrogens is 622 g/mol. The Morgan fingerprint density at radius 2 is 1.96 bits per heavy atom. The number of ether oxygens (including phenoxy) is 2. The van der Waals surface area contributed by atoms with Gasteiger partial charge in [0.15, 0.2) is 0 Å². The van der Waals surface area contributed by atoms with Crippen molar-refractivity contribution in [2.45, 2.75) is 62.9 Å². The maximum Gasteiger partial charge on any atom is 0.313 e. The zero-order valence-corrected chi connectivity index (χ0v) is 27.4. The van der Waals surface area contributed by atoms with Crippen molar-refractivity contribution in [1.29, 1.82) is 0 Å². The molecule has 3 aliphatic rings. The molecule has 2 N–H and O–H groups in total. The standard InChI is InChI=1S/C36H42ClN3O7/c1-4-6-16-28(42)38-22-27(24-13-8-7-9-14-24)46-35(45)29-26-17-18-36(47-26)30(29)33(43)40(20-11-21-41)32(36)34(44)39(19-5-2)31-23(3)12-10-15-25(31)37/h4-5,7-10,12-15,26-27,29-30,32,41H,1-2,6,11,16-22H2,3H3,(H,38,42)/t26-,27-,29+,30+,32-,36+/m1/s1. The quantitative estimate of drug-likeness (QED) is 0.215. The Balaban J connectivity index is 1.46. The number of esters is 1. The molecule has 0 radical (unpaired) electrons. The average molecular weight is 664 g/mol. The molecule has 11 heteroatoms. The number of anilines is 1. The Hall–Kier alpha value is -3.99. The summed E-state index contributed by atoms with van der Waals surface area (Å²) in [4.78, 5) is 58.5. The van der Waals surface area contributed by atoms with E-state index < -0.39 is 47.6 Å². The molecule has 10 nitrogen and oxygen atoms in total. The lowest BCUT2D eigenvalue weighted by atomic mass is 9.70. The first-order valence-electron chi connectivity index (χ1n) is 16.1. The topological polar surface area (TPSA) is 125 Å². The van der Waals surface area contributed by atoms with Gasteiger partial charge in [0, 0.05) is 26.1 Å². The summed E-state index contributed by atoms with van der Waals surface area (Å²) in [7, 11) is 0. The molecule has 1 spiro atoms. The van der Waals surface area contributed by atoms with Crippen LogP contribution in [0, 0.1) is 18.8 Å². The highest BCUT2D eigenvalue weighted by atomic mass is 35.5. The van der Waals surface area contributed by atoms with Gasteiger partial charge in [0.2, 0.25) is 11.8 Å². The van der Waals surface area contributed by atoms with Crippen LogP contribution < -0.4 is 10.2 Å². The van der Waals surface area contributed by atoms with Gasteiger partial charge in [0.25, 0.3) is 5.91 Å². The Morgan fingerprint density at radius 3 is 2.64 bits per heavy atom. The van der Waals surface area contributed by atoms with Gasteiger partial charge < -0.3 is 29.7 Å². The van der Waals surface area contributed by atoms with Crippen LogP contribution >= 0.6 is 11.6 Å². The van der Waals surface area contributed by atoms with Gasteiger partial charge in [-0.25, -0.2) is 0 Å². The van der Waals surface area contributed by atoms with Crippen molar-refractivity contribution in [2.75, 3.05) is 31.1 Å². The first-order valence-corrected chi connectivity index (χ1v) is 16.5. The van der Waals surface area contributed by atoms with Gasteiger partial charge in [-0.1, -0.05) is 66.2 Å². The Kier molecular flexibility index (Phi) is 10.8. The number of nitrogens with one attached hydrogen (secondary N) is 1. The Labute approximate surface area is 280 Å². The van der Waals surface area contributed by atoms with Crippen LogP contribution in [0.2, 0.25) is 5.02 Å². The van der Waals surface area contributed by atoms with Crippen LogP contribution in [-0.2, 0) is 28.7 Å². The van der Waals surface area contributed by atoms with E-state index >= 15 is 0 Å². The molecule has 250 valence electrons. The van der Waals surface area contributed by atoms with E-state index in [1.54, 1.807) is 24.3 Å². The van der Waals surface area contributed by atoms with Crippen molar-refractivity contribution in [3.05, 3.63) is 90.0 Å². The summed E-state index contributed by atoms with van der Waals surface area (Å²) in [5.41, 5.74) is 0.704. The predicted octanol–water partition coefficient (Wildman–Crippen LogP) is 4.29. The monoisotopic (exact) mass is 663 g/mol. The highest BCUT2D eigenvalue weighted by Crippen LogP contribution is 2.59. The van der Waals surface area contributed by atoms with Gasteiger partial charge in [0.05, 0.1) is 35.2 Å². The molecule has 47 heavy (non-hydrogen) atoms. The number of benzene rings is 2. The minimum Gasteiger partial charge on any atom is -0.455 e. The maximum absolute atomic E-state index is 14.7. The summed E-state index contributed by atoms with van der Waals surface area (Å²) >= 11 is 6.62. The predicted molar refractivity (Wildman–Crippen MR) is 177 cm³/mol. The zero-order valence-electron chi connectivity index (χ0n) is 26.6. The highest BCUT2D eigenvalue weighted by molar-refractivity contribution is 6.34. The van der Waals surface area contributed by atoms with Gasteiger partial charge in [-0.05, 0) is 49.8 Å². The fourth-order valence-corrected chi connectivity index (χ4v) is 7.68. The number of carbonyl (C=O) groups excluding carboxylic acids is 4. The molecule has 3 amide bonds. The van der Waals surface area contributed by atoms with Gasteiger partial charge in [-0.15, -0.1) is 13.2 Å². The van der Waals surface area contributed by atoms with Crippen molar-refractivity contribution in [2.24, 2.45) is 11.8 Å². The number of likely N-dealkylation sites (tertiary alicyclic amines) is 1. The lowest BCUT2D eigenvalue weighted by Gasteiger charge is -2.37. The molecular formula is C36H42ClN3O7. The van der Waals surface area contributed by atoms with Crippen LogP contribution in [0.25, 0.3) is 0 Å². The number of amides is 3. The second-order valence-electron chi connectivity index (χ2n) is 12.3. The Bertz CT molecular complexity index is 1500. The van der Waals surface area contributed by atoms with Gasteiger partial charge >= 0.3 is 5.97 Å². The minimum absolute atomic E-state index is 0.0468. The number of rotatable bonds is 15. The summed E-state index contributed by atoms with van der Waals surface area (Å²) in [6, 6.07) is 13.4. The van der Waals surface area contributed by atoms with E-state index in [-0.39, 0.29) is 50.9 Å². The van der Waals surface area contributed by atoms with Crippen LogP contribution in [0.15, 0.2) is 73.8 Å². The SMILES string of the molecule is C=CCCC(=O)NC[C@@H](OC(=O)[C@@H]1[C@H]2C(=O)N(CCCO)[C@H](C(=O)N(CC=C)c3c(C)cccc3Cl)[C@]23CC[C@H]1O3)c1ccccc1. The number of halogens is 1. The number of carbonyl (C=O) groups is 4. The fourth-order valence-electron chi connectivity index (χ4n) is 7.36. The van der Waals surface area contributed by atoms with E-state index in [0.717, 1.165) is 5.56 Å². The molecule has 0 saturated carbocycles. The molecule has 2 aromatic carbocycles. The number of para-hydroxylation sites is 1. The molecule has 0 aliphatic carbocycles. The first-order chi connectivity index (χ1) is 22.7. The molecule has 2 aromatic rings. The molecule has 6 atom stereocenters. The fraction of sp³-hybridized carbons (Fsp3) is 0.444. The van der Waals surface area contributed by atoms with Crippen LogP contribution in [-0.4, -0.2) is 77.7 Å². The molecule has 0 unspecified atom stereocenters. The zero-order chi connectivity index (χ0) is 33.7. The number of hydrogen-bond donors (Lipinski definition) is 2. The number of fused-ring (bicyclic) bond motifs is 1. The van der Waals surface area contributed by atoms with E-state index in [0.29, 0.717) is 35.5 Å². The van der Waals surface area contributed by atoms with Gasteiger partial charge in [0.1, 0.15) is 17.7 Å². The van der Waals surface area contributed by atoms with Crippen molar-refractivity contribution in [3.63, 3.8) is 0 Å². The van der Waals surface area contributed by atoms with Crippen molar-refractivity contribution < 1.29 is 33.8 Å².